The van der Waals surface area contributed by atoms with Gasteiger partial charge < -0.3 is 20.5 Å². The first-order valence-corrected chi connectivity index (χ1v) is 9.20. The number of rotatable bonds is 13. The third kappa shape index (κ3) is 11.0. The number of nitrogens with one attached hydrogen (secondary N) is 2. The van der Waals surface area contributed by atoms with Crippen molar-refractivity contribution in [3.05, 3.63) is 36.1 Å². The second-order valence-corrected chi connectivity index (χ2v) is 6.15. The minimum atomic E-state index is -1.21. The van der Waals surface area contributed by atoms with Gasteiger partial charge >= 0.3 is 5.97 Å². The maximum Gasteiger partial charge on any atom is 0.330 e. The number of allylic oxidation sites excluding steroid dienone is 3. The molecule has 0 aliphatic carbocycles. The monoisotopic (exact) mass is 380 g/mol. The van der Waals surface area contributed by atoms with Crippen LogP contribution in [0.1, 0.15) is 52.4 Å². The van der Waals surface area contributed by atoms with Gasteiger partial charge in [0.05, 0.1) is 19.4 Å². The zero-order chi connectivity index (χ0) is 20.7. The Balaban J connectivity index is 4.37. The summed E-state index contributed by atoms with van der Waals surface area (Å²) in [5.41, 5.74) is 0.188. The fourth-order valence-electron chi connectivity index (χ4n) is 2.11. The van der Waals surface area contributed by atoms with E-state index in [0.29, 0.717) is 5.57 Å². The third-order valence-corrected chi connectivity index (χ3v) is 3.83. The Kier molecular flexibility index (Phi) is 13.4. The fourth-order valence-corrected chi connectivity index (χ4v) is 2.11. The molecule has 0 aliphatic rings. The number of hydrogen-bond donors (Lipinski definition) is 3. The molecule has 0 fully saturated rings. The molecule has 3 N–H and O–H groups in total. The Morgan fingerprint density at radius 3 is 2.41 bits per heavy atom. The SMILES string of the molecule is C=C(NC(=O)/C(C)=C/C=C/CCCCCCC)C(=O)NC(CO)C(=O)OC. The van der Waals surface area contributed by atoms with E-state index in [1.54, 1.807) is 13.0 Å². The average molecular weight is 380 g/mol. The van der Waals surface area contributed by atoms with E-state index in [4.69, 9.17) is 5.11 Å². The number of methoxy groups -OCH3 is 1. The summed E-state index contributed by atoms with van der Waals surface area (Å²) in [4.78, 5) is 35.3. The van der Waals surface area contributed by atoms with Crippen LogP contribution in [-0.4, -0.2) is 42.6 Å². The molecule has 0 saturated carbocycles. The standard InChI is InChI=1S/C20H32N2O5/c1-5-6-7-8-9-10-11-12-13-15(2)18(24)21-16(3)19(25)22-17(14-23)20(26)27-4/h11-13,17,23H,3,5-10,14H2,1-2,4H3,(H,21,24)(H,22,25)/b12-11+,15-13+. The van der Waals surface area contributed by atoms with Gasteiger partial charge in [0.2, 0.25) is 0 Å². The van der Waals surface area contributed by atoms with Crippen molar-refractivity contribution in [2.24, 2.45) is 0 Å². The molecule has 0 saturated heterocycles. The average Bonchev–Trinajstić information content (AvgIpc) is 2.66. The molecule has 7 heteroatoms. The summed E-state index contributed by atoms with van der Waals surface area (Å²) >= 11 is 0. The zero-order valence-electron chi connectivity index (χ0n) is 16.5. The maximum atomic E-state index is 12.0. The van der Waals surface area contributed by atoms with Crippen LogP contribution in [0.4, 0.5) is 0 Å². The third-order valence-electron chi connectivity index (χ3n) is 3.83. The van der Waals surface area contributed by atoms with Gasteiger partial charge in [-0.25, -0.2) is 4.79 Å². The predicted molar refractivity (Wildman–Crippen MR) is 105 cm³/mol. The van der Waals surface area contributed by atoms with Gasteiger partial charge in [0, 0.05) is 5.57 Å². The summed E-state index contributed by atoms with van der Waals surface area (Å²) in [6.07, 6.45) is 12.5. The molecule has 7 nitrogen and oxygen atoms in total. The lowest BCUT2D eigenvalue weighted by Crippen LogP contribution is -2.46. The highest BCUT2D eigenvalue weighted by Gasteiger charge is 2.22. The van der Waals surface area contributed by atoms with Crippen LogP contribution in [0.2, 0.25) is 0 Å². The van der Waals surface area contributed by atoms with Crippen molar-refractivity contribution in [1.29, 1.82) is 0 Å². The molecule has 152 valence electrons. The number of amides is 2. The Morgan fingerprint density at radius 1 is 1.15 bits per heavy atom. The molecular weight excluding hydrogens is 348 g/mol. The number of aliphatic hydroxyl groups excluding tert-OH is 1. The first-order chi connectivity index (χ1) is 12.9. The number of hydrogen-bond acceptors (Lipinski definition) is 5. The zero-order valence-corrected chi connectivity index (χ0v) is 16.5. The molecule has 0 aromatic rings. The number of carbonyl (C=O) groups is 3. The Labute approximate surface area is 161 Å². The Morgan fingerprint density at radius 2 is 1.81 bits per heavy atom. The van der Waals surface area contributed by atoms with Gasteiger partial charge in [0.25, 0.3) is 11.8 Å². The Bertz CT molecular complexity index is 567. The van der Waals surface area contributed by atoms with Crippen molar-refractivity contribution in [3.63, 3.8) is 0 Å². The first kappa shape index (κ1) is 24.6. The van der Waals surface area contributed by atoms with E-state index < -0.39 is 30.4 Å². The molecule has 0 rings (SSSR count). The van der Waals surface area contributed by atoms with E-state index >= 15 is 0 Å². The number of aliphatic hydroxyl groups is 1. The van der Waals surface area contributed by atoms with E-state index in [-0.39, 0.29) is 5.70 Å². The summed E-state index contributed by atoms with van der Waals surface area (Å²) in [5.74, 6) is -2.04. The Hall–Kier alpha value is -2.41. The molecule has 2 amide bonds. The lowest BCUT2D eigenvalue weighted by atomic mass is 10.1. The van der Waals surface area contributed by atoms with Crippen molar-refractivity contribution in [1.82, 2.24) is 10.6 Å². The highest BCUT2D eigenvalue weighted by molar-refractivity contribution is 6.02. The van der Waals surface area contributed by atoms with Crippen LogP contribution in [0.5, 0.6) is 0 Å². The lowest BCUT2D eigenvalue weighted by Gasteiger charge is -2.15. The van der Waals surface area contributed by atoms with Gasteiger partial charge in [0.1, 0.15) is 0 Å². The predicted octanol–water partition coefficient (Wildman–Crippen LogP) is 2.13. The second kappa shape index (κ2) is 14.7. The first-order valence-electron chi connectivity index (χ1n) is 9.20. The molecule has 27 heavy (non-hydrogen) atoms. The van der Waals surface area contributed by atoms with Crippen molar-refractivity contribution < 1.29 is 24.2 Å². The summed E-state index contributed by atoms with van der Waals surface area (Å²) in [5, 5.41) is 13.7. The molecule has 1 unspecified atom stereocenters. The molecule has 0 aromatic carbocycles. The molecular formula is C20H32N2O5. The van der Waals surface area contributed by atoms with Crippen molar-refractivity contribution in [3.8, 4) is 0 Å². The van der Waals surface area contributed by atoms with Gasteiger partial charge in [-0.2, -0.15) is 0 Å². The molecule has 0 heterocycles. The largest absolute Gasteiger partial charge is 0.467 e. The summed E-state index contributed by atoms with van der Waals surface area (Å²) in [6, 6.07) is -1.21. The molecule has 0 bridgehead atoms. The number of unbranched alkanes of at least 4 members (excludes halogenated alkanes) is 5. The highest BCUT2D eigenvalue weighted by Crippen LogP contribution is 2.05. The molecule has 1 atom stereocenters. The maximum absolute atomic E-state index is 12.0. The molecule has 0 aromatic heterocycles. The smallest absolute Gasteiger partial charge is 0.330 e. The quantitative estimate of drug-likeness (QED) is 0.196. The van der Waals surface area contributed by atoms with Gasteiger partial charge in [0.15, 0.2) is 6.04 Å². The number of esters is 1. The lowest BCUT2D eigenvalue weighted by molar-refractivity contribution is -0.145. The van der Waals surface area contributed by atoms with Crippen LogP contribution in [0.25, 0.3) is 0 Å². The summed E-state index contributed by atoms with van der Waals surface area (Å²) < 4.78 is 4.45. The molecule has 0 aliphatic heterocycles. The number of ether oxygens (including phenoxy) is 1. The van der Waals surface area contributed by atoms with Crippen LogP contribution < -0.4 is 10.6 Å². The highest BCUT2D eigenvalue weighted by atomic mass is 16.5. The topological polar surface area (TPSA) is 105 Å². The van der Waals surface area contributed by atoms with Gasteiger partial charge in [-0.1, -0.05) is 57.4 Å². The second-order valence-electron chi connectivity index (χ2n) is 6.15. The fraction of sp³-hybridized carbons (Fsp3) is 0.550. The van der Waals surface area contributed by atoms with Crippen LogP contribution in [0, 0.1) is 0 Å². The van der Waals surface area contributed by atoms with Gasteiger partial charge in [-0.3, -0.25) is 9.59 Å². The van der Waals surface area contributed by atoms with Crippen LogP contribution in [0.3, 0.4) is 0 Å². The van der Waals surface area contributed by atoms with Crippen LogP contribution >= 0.6 is 0 Å². The van der Waals surface area contributed by atoms with E-state index in [1.807, 2.05) is 12.2 Å². The molecule has 0 spiro atoms. The van der Waals surface area contributed by atoms with Crippen molar-refractivity contribution in [2.75, 3.05) is 13.7 Å². The minimum absolute atomic E-state index is 0.227. The summed E-state index contributed by atoms with van der Waals surface area (Å²) in [7, 11) is 1.14. The van der Waals surface area contributed by atoms with Crippen LogP contribution in [0.15, 0.2) is 36.1 Å². The van der Waals surface area contributed by atoms with E-state index in [9.17, 15) is 14.4 Å². The van der Waals surface area contributed by atoms with Gasteiger partial charge in [-0.15, -0.1) is 0 Å². The van der Waals surface area contributed by atoms with Crippen molar-refractivity contribution >= 4 is 17.8 Å². The normalized spacial score (nSPS) is 12.5. The number of carbonyl (C=O) groups excluding carboxylic acids is 3. The van der Waals surface area contributed by atoms with E-state index in [0.717, 1.165) is 20.0 Å². The molecule has 0 radical (unpaired) electrons. The van der Waals surface area contributed by atoms with E-state index in [1.165, 1.54) is 25.7 Å². The minimum Gasteiger partial charge on any atom is -0.467 e. The van der Waals surface area contributed by atoms with Crippen LogP contribution in [-0.2, 0) is 19.1 Å². The van der Waals surface area contributed by atoms with E-state index in [2.05, 4.69) is 28.9 Å². The van der Waals surface area contributed by atoms with Crippen molar-refractivity contribution in [2.45, 2.75) is 58.4 Å². The van der Waals surface area contributed by atoms with Gasteiger partial charge in [-0.05, 0) is 19.8 Å². The summed E-state index contributed by atoms with van der Waals surface area (Å²) in [6.45, 7) is 6.65.